The second-order valence-corrected chi connectivity index (χ2v) is 7.47. The van der Waals surface area contributed by atoms with E-state index in [2.05, 4.69) is 19.9 Å². The van der Waals surface area contributed by atoms with Gasteiger partial charge in [-0.2, -0.15) is 4.98 Å². The molecule has 0 aliphatic carbocycles. The highest BCUT2D eigenvalue weighted by Crippen LogP contribution is 2.35. The second kappa shape index (κ2) is 7.21. The van der Waals surface area contributed by atoms with Gasteiger partial charge < -0.3 is 19.8 Å². The lowest BCUT2D eigenvalue weighted by atomic mass is 10.1. The Kier molecular flexibility index (Phi) is 4.53. The Balaban J connectivity index is 1.53. The minimum atomic E-state index is -0.780. The molecule has 3 aromatic heterocycles. The van der Waals surface area contributed by atoms with Crippen LogP contribution in [0.4, 0.5) is 5.95 Å². The first-order chi connectivity index (χ1) is 14.2. The van der Waals surface area contributed by atoms with Crippen molar-refractivity contribution in [1.82, 2.24) is 24.5 Å². The van der Waals surface area contributed by atoms with Crippen molar-refractivity contribution in [3.63, 3.8) is 0 Å². The number of aromatic nitrogens is 5. The van der Waals surface area contributed by atoms with Gasteiger partial charge in [0.2, 0.25) is 5.95 Å². The van der Waals surface area contributed by atoms with Gasteiger partial charge in [0.15, 0.2) is 11.2 Å². The Morgan fingerprint density at radius 2 is 2.28 bits per heavy atom. The number of hydrogen-bond acceptors (Lipinski definition) is 8. The van der Waals surface area contributed by atoms with Gasteiger partial charge in [-0.3, -0.25) is 19.3 Å². The van der Waals surface area contributed by atoms with Crippen LogP contribution in [0.25, 0.3) is 11.2 Å². The summed E-state index contributed by atoms with van der Waals surface area (Å²) in [7, 11) is 0. The van der Waals surface area contributed by atoms with Crippen LogP contribution in [-0.2, 0) is 4.74 Å². The van der Waals surface area contributed by atoms with Crippen LogP contribution in [0, 0.1) is 0 Å². The molecule has 2 fully saturated rings. The molecule has 5 heterocycles. The summed E-state index contributed by atoms with van der Waals surface area (Å²) in [6, 6.07) is 4.02. The Morgan fingerprint density at radius 1 is 1.38 bits per heavy atom. The quantitative estimate of drug-likeness (QED) is 0.579. The molecule has 152 valence electrons. The number of nitrogens with zero attached hydrogens (tertiary/aromatic N) is 5. The number of aromatic amines is 1. The van der Waals surface area contributed by atoms with E-state index in [1.165, 1.54) is 6.33 Å². The molecule has 3 aromatic rings. The number of aliphatic hydroxyl groups is 2. The smallest absolute Gasteiger partial charge is 0.280 e. The third-order valence-corrected chi connectivity index (χ3v) is 5.71. The number of hydrogen-bond donors (Lipinski definition) is 3. The van der Waals surface area contributed by atoms with E-state index in [0.29, 0.717) is 18.0 Å². The maximum atomic E-state index is 12.7. The molecule has 2 saturated heterocycles. The first-order valence-corrected chi connectivity index (χ1v) is 9.73. The third kappa shape index (κ3) is 3.09. The Hall–Kier alpha value is -2.82. The van der Waals surface area contributed by atoms with E-state index in [0.717, 1.165) is 24.9 Å². The fraction of sp³-hybridized carbons (Fsp3) is 0.474. The molecule has 0 bridgehead atoms. The molecule has 0 amide bonds. The van der Waals surface area contributed by atoms with E-state index in [4.69, 9.17) is 9.72 Å². The lowest BCUT2D eigenvalue weighted by Gasteiger charge is -2.25. The predicted molar refractivity (Wildman–Crippen MR) is 103 cm³/mol. The van der Waals surface area contributed by atoms with Crippen molar-refractivity contribution in [3.8, 4) is 0 Å². The van der Waals surface area contributed by atoms with Gasteiger partial charge in [-0.15, -0.1) is 0 Å². The van der Waals surface area contributed by atoms with Crippen molar-refractivity contribution in [2.45, 2.75) is 43.7 Å². The lowest BCUT2D eigenvalue weighted by molar-refractivity contribution is -0.0432. The molecule has 5 rings (SSSR count). The largest absolute Gasteiger partial charge is 0.394 e. The van der Waals surface area contributed by atoms with Gasteiger partial charge in [-0.1, -0.05) is 6.07 Å². The summed E-state index contributed by atoms with van der Waals surface area (Å²) in [5, 5.41) is 19.4. The minimum absolute atomic E-state index is 0.0870. The zero-order chi connectivity index (χ0) is 20.0. The summed E-state index contributed by atoms with van der Waals surface area (Å²) >= 11 is 0. The van der Waals surface area contributed by atoms with E-state index in [1.54, 1.807) is 10.8 Å². The molecular weight excluding hydrogens is 376 g/mol. The van der Waals surface area contributed by atoms with Gasteiger partial charge in [0.05, 0.1) is 25.1 Å². The summed E-state index contributed by atoms with van der Waals surface area (Å²) in [5.41, 5.74) is 1.37. The Labute approximate surface area is 165 Å². The van der Waals surface area contributed by atoms with Crippen LogP contribution < -0.4 is 10.5 Å². The number of fused-ring (bicyclic) bond motifs is 1. The summed E-state index contributed by atoms with van der Waals surface area (Å²) in [5.74, 6) is 0.479. The van der Waals surface area contributed by atoms with Crippen LogP contribution in [-0.4, -0.2) is 60.1 Å². The highest BCUT2D eigenvalue weighted by Gasteiger charge is 2.36. The van der Waals surface area contributed by atoms with E-state index in [-0.39, 0.29) is 23.7 Å². The zero-order valence-electron chi connectivity index (χ0n) is 15.7. The van der Waals surface area contributed by atoms with Crippen molar-refractivity contribution in [3.05, 3.63) is 46.8 Å². The number of nitrogens with one attached hydrogen (secondary N) is 1. The Morgan fingerprint density at radius 3 is 3.03 bits per heavy atom. The number of pyridine rings is 1. The normalized spacial score (nSPS) is 27.2. The van der Waals surface area contributed by atoms with Crippen LogP contribution in [0.2, 0.25) is 0 Å². The van der Waals surface area contributed by atoms with Gasteiger partial charge >= 0.3 is 0 Å². The van der Waals surface area contributed by atoms with Crippen molar-refractivity contribution in [2.24, 2.45) is 0 Å². The van der Waals surface area contributed by atoms with Gasteiger partial charge in [0, 0.05) is 25.4 Å². The SMILES string of the molecule is O=c1[nH]c(N2CCCC2c2cccnc2)nc2c1ncn2[C@H]1C[C@H](O)[C@@H](CO)O1. The molecule has 10 heteroatoms. The van der Waals surface area contributed by atoms with Crippen molar-refractivity contribution in [1.29, 1.82) is 0 Å². The second-order valence-electron chi connectivity index (χ2n) is 7.47. The number of anilines is 1. The van der Waals surface area contributed by atoms with Crippen LogP contribution in [0.5, 0.6) is 0 Å². The minimum Gasteiger partial charge on any atom is -0.394 e. The van der Waals surface area contributed by atoms with Crippen LogP contribution in [0.1, 0.15) is 37.1 Å². The van der Waals surface area contributed by atoms with Gasteiger partial charge in [0.1, 0.15) is 12.3 Å². The molecule has 0 radical (unpaired) electrons. The average Bonchev–Trinajstić information content (AvgIpc) is 3.46. The maximum absolute atomic E-state index is 12.7. The standard InChI is InChI=1S/C19H22N6O4/c26-9-14-13(27)7-15(29-14)25-10-21-16-17(25)22-19(23-18(16)28)24-6-2-4-12(24)11-3-1-5-20-8-11/h1,3,5,8,10,12-15,26-27H,2,4,6-7,9H2,(H,22,23,28)/t12?,13-,14+,15+/m0/s1. The molecule has 1 unspecified atom stereocenters. The van der Waals surface area contributed by atoms with E-state index in [1.807, 2.05) is 18.3 Å². The fourth-order valence-corrected chi connectivity index (χ4v) is 4.25. The average molecular weight is 398 g/mol. The number of ether oxygens (including phenoxy) is 1. The number of aliphatic hydroxyl groups excluding tert-OH is 2. The maximum Gasteiger partial charge on any atom is 0.280 e. The van der Waals surface area contributed by atoms with E-state index >= 15 is 0 Å². The highest BCUT2D eigenvalue weighted by molar-refractivity contribution is 5.71. The molecule has 3 N–H and O–H groups in total. The highest BCUT2D eigenvalue weighted by atomic mass is 16.5. The molecule has 2 aliphatic heterocycles. The van der Waals surface area contributed by atoms with E-state index in [9.17, 15) is 15.0 Å². The van der Waals surface area contributed by atoms with Crippen LogP contribution in [0.15, 0.2) is 35.6 Å². The van der Waals surface area contributed by atoms with Gasteiger partial charge in [-0.05, 0) is 24.5 Å². The summed E-state index contributed by atoms with van der Waals surface area (Å²) in [4.78, 5) is 30.7. The summed E-state index contributed by atoms with van der Waals surface area (Å²) in [6.07, 6.45) is 5.32. The van der Waals surface area contributed by atoms with Gasteiger partial charge in [0.25, 0.3) is 5.56 Å². The summed E-state index contributed by atoms with van der Waals surface area (Å²) < 4.78 is 7.37. The molecule has 4 atom stereocenters. The number of imidazole rings is 1. The third-order valence-electron chi connectivity index (χ3n) is 5.71. The van der Waals surface area contributed by atoms with Crippen molar-refractivity contribution in [2.75, 3.05) is 18.1 Å². The zero-order valence-corrected chi connectivity index (χ0v) is 15.7. The van der Waals surface area contributed by atoms with E-state index < -0.39 is 18.4 Å². The first-order valence-electron chi connectivity index (χ1n) is 9.73. The predicted octanol–water partition coefficient (Wildman–Crippen LogP) is 0.497. The van der Waals surface area contributed by atoms with Crippen molar-refractivity contribution < 1.29 is 14.9 Å². The molecule has 29 heavy (non-hydrogen) atoms. The molecule has 10 nitrogen and oxygen atoms in total. The van der Waals surface area contributed by atoms with Crippen LogP contribution >= 0.6 is 0 Å². The lowest BCUT2D eigenvalue weighted by Crippen LogP contribution is -2.27. The summed E-state index contributed by atoms with van der Waals surface area (Å²) in [6.45, 7) is 0.498. The molecule has 0 spiro atoms. The molecular formula is C19H22N6O4. The Bertz CT molecular complexity index is 1070. The monoisotopic (exact) mass is 398 g/mol. The molecule has 0 saturated carbocycles. The van der Waals surface area contributed by atoms with Gasteiger partial charge in [-0.25, -0.2) is 4.98 Å². The molecule has 0 aromatic carbocycles. The van der Waals surface area contributed by atoms with Crippen LogP contribution in [0.3, 0.4) is 0 Å². The number of H-pyrrole nitrogens is 1. The van der Waals surface area contributed by atoms with Crippen molar-refractivity contribution >= 4 is 17.1 Å². The topological polar surface area (TPSA) is 129 Å². The first kappa shape index (κ1) is 18.2. The fourth-order valence-electron chi connectivity index (χ4n) is 4.25. The molecule has 2 aliphatic rings. The number of rotatable bonds is 4.